The molecule has 0 bridgehead atoms. The molecule has 2 aromatic rings. The Kier molecular flexibility index (Phi) is 3.41. The van der Waals surface area contributed by atoms with Gasteiger partial charge in [-0.25, -0.2) is 14.1 Å². The van der Waals surface area contributed by atoms with Gasteiger partial charge in [0.15, 0.2) is 5.82 Å². The van der Waals surface area contributed by atoms with E-state index in [2.05, 4.69) is 15.4 Å². The Balaban J connectivity index is 1.75. The second-order valence-corrected chi connectivity index (χ2v) is 4.54. The first-order chi connectivity index (χ1) is 9.33. The van der Waals surface area contributed by atoms with Crippen molar-refractivity contribution >= 4 is 5.69 Å². The van der Waals surface area contributed by atoms with Crippen LogP contribution in [-0.4, -0.2) is 34.0 Å². The zero-order chi connectivity index (χ0) is 13.1. The van der Waals surface area contributed by atoms with Crippen molar-refractivity contribution in [2.45, 2.75) is 18.9 Å². The highest BCUT2D eigenvalue weighted by atomic mass is 19.1. The molecule has 2 heterocycles. The molecule has 1 aliphatic heterocycles. The molecule has 0 unspecified atom stereocenters. The normalized spacial score (nSPS) is 16.5. The quantitative estimate of drug-likeness (QED) is 0.919. The van der Waals surface area contributed by atoms with Gasteiger partial charge in [-0.05, 0) is 31.0 Å². The first-order valence-electron chi connectivity index (χ1n) is 6.32. The molecule has 1 saturated heterocycles. The van der Waals surface area contributed by atoms with Crippen LogP contribution in [0.4, 0.5) is 10.1 Å². The monoisotopic (exact) mass is 262 g/mol. The van der Waals surface area contributed by atoms with Crippen molar-refractivity contribution in [3.8, 4) is 5.69 Å². The fourth-order valence-electron chi connectivity index (χ4n) is 2.19. The maximum absolute atomic E-state index is 14.0. The molecule has 3 rings (SSSR count). The lowest BCUT2D eigenvalue weighted by Crippen LogP contribution is -2.27. The zero-order valence-electron chi connectivity index (χ0n) is 10.4. The molecule has 0 saturated carbocycles. The van der Waals surface area contributed by atoms with Gasteiger partial charge < -0.3 is 10.1 Å². The number of hydrogen-bond donors (Lipinski definition) is 1. The molecular formula is C13H15FN4O. The number of nitrogens with one attached hydrogen (secondary N) is 1. The van der Waals surface area contributed by atoms with Crippen LogP contribution >= 0.6 is 0 Å². The second kappa shape index (κ2) is 5.36. The molecule has 0 amide bonds. The molecule has 5 nitrogen and oxygen atoms in total. The summed E-state index contributed by atoms with van der Waals surface area (Å²) in [6, 6.07) is 5.40. The summed E-state index contributed by atoms with van der Waals surface area (Å²) >= 11 is 0. The van der Waals surface area contributed by atoms with Crippen LogP contribution in [0.1, 0.15) is 12.8 Å². The van der Waals surface area contributed by atoms with Gasteiger partial charge in [0.1, 0.15) is 18.3 Å². The van der Waals surface area contributed by atoms with E-state index in [1.165, 1.54) is 23.4 Å². The Labute approximate surface area is 110 Å². The molecule has 1 aromatic heterocycles. The largest absolute Gasteiger partial charge is 0.382 e. The van der Waals surface area contributed by atoms with Crippen molar-refractivity contribution in [1.29, 1.82) is 0 Å². The number of hydrogen-bond acceptors (Lipinski definition) is 4. The first kappa shape index (κ1) is 12.1. The van der Waals surface area contributed by atoms with Crippen LogP contribution in [0.25, 0.3) is 5.69 Å². The second-order valence-electron chi connectivity index (χ2n) is 4.54. The van der Waals surface area contributed by atoms with Gasteiger partial charge in [-0.15, -0.1) is 0 Å². The van der Waals surface area contributed by atoms with Crippen LogP contribution in [0.3, 0.4) is 0 Å². The number of benzene rings is 1. The Hall–Kier alpha value is -1.95. The summed E-state index contributed by atoms with van der Waals surface area (Å²) in [7, 11) is 0. The van der Waals surface area contributed by atoms with Crippen LogP contribution in [0, 0.1) is 5.82 Å². The summed E-state index contributed by atoms with van der Waals surface area (Å²) in [6.07, 6.45) is 4.76. The van der Waals surface area contributed by atoms with Crippen molar-refractivity contribution in [3.05, 3.63) is 36.7 Å². The summed E-state index contributed by atoms with van der Waals surface area (Å²) < 4.78 is 20.7. The van der Waals surface area contributed by atoms with E-state index in [1.54, 1.807) is 6.07 Å². The van der Waals surface area contributed by atoms with Gasteiger partial charge in [-0.3, -0.25) is 0 Å². The molecule has 19 heavy (non-hydrogen) atoms. The summed E-state index contributed by atoms with van der Waals surface area (Å²) in [5, 5.41) is 7.25. The lowest BCUT2D eigenvalue weighted by molar-refractivity contribution is 0.0904. The van der Waals surface area contributed by atoms with E-state index in [-0.39, 0.29) is 5.82 Å². The molecule has 0 spiro atoms. The fourth-order valence-corrected chi connectivity index (χ4v) is 2.19. The smallest absolute Gasteiger partial charge is 0.150 e. The van der Waals surface area contributed by atoms with Crippen LogP contribution in [0.5, 0.6) is 0 Å². The van der Waals surface area contributed by atoms with Gasteiger partial charge in [-0.2, -0.15) is 5.10 Å². The lowest BCUT2D eigenvalue weighted by Gasteiger charge is -2.24. The molecule has 0 aliphatic carbocycles. The molecule has 1 aliphatic rings. The maximum Gasteiger partial charge on any atom is 0.150 e. The van der Waals surface area contributed by atoms with Gasteiger partial charge in [0.25, 0.3) is 0 Å². The van der Waals surface area contributed by atoms with Crippen molar-refractivity contribution in [1.82, 2.24) is 14.8 Å². The highest BCUT2D eigenvalue weighted by Crippen LogP contribution is 2.20. The zero-order valence-corrected chi connectivity index (χ0v) is 10.4. The average Bonchev–Trinajstić information content (AvgIpc) is 2.94. The van der Waals surface area contributed by atoms with Crippen molar-refractivity contribution < 1.29 is 9.13 Å². The third-order valence-electron chi connectivity index (χ3n) is 3.21. The third-order valence-corrected chi connectivity index (χ3v) is 3.21. The molecule has 0 atom stereocenters. The minimum Gasteiger partial charge on any atom is -0.382 e. The molecule has 6 heteroatoms. The van der Waals surface area contributed by atoms with E-state index in [0.717, 1.165) is 31.7 Å². The number of rotatable bonds is 3. The molecule has 1 aromatic carbocycles. The Morgan fingerprint density at radius 3 is 2.84 bits per heavy atom. The van der Waals surface area contributed by atoms with Gasteiger partial charge in [-0.1, -0.05) is 0 Å². The maximum atomic E-state index is 14.0. The average molecular weight is 262 g/mol. The third kappa shape index (κ3) is 2.73. The van der Waals surface area contributed by atoms with E-state index in [4.69, 9.17) is 4.74 Å². The number of ether oxygens (including phenoxy) is 1. The molecular weight excluding hydrogens is 247 g/mol. The summed E-state index contributed by atoms with van der Waals surface area (Å²) in [5.74, 6) is -0.317. The minimum absolute atomic E-state index is 0.317. The highest BCUT2D eigenvalue weighted by molar-refractivity contribution is 5.50. The van der Waals surface area contributed by atoms with Crippen molar-refractivity contribution in [2.75, 3.05) is 18.5 Å². The predicted octanol–water partition coefficient (Wildman–Crippen LogP) is 2.00. The minimum atomic E-state index is -0.317. The van der Waals surface area contributed by atoms with Crippen molar-refractivity contribution in [2.24, 2.45) is 0 Å². The van der Waals surface area contributed by atoms with Crippen LogP contribution in [0.15, 0.2) is 30.9 Å². The van der Waals surface area contributed by atoms with Gasteiger partial charge in [0, 0.05) is 24.9 Å². The molecule has 0 radical (unpaired) electrons. The number of aromatic nitrogens is 3. The lowest BCUT2D eigenvalue weighted by atomic mass is 10.1. The first-order valence-corrected chi connectivity index (χ1v) is 6.32. The van der Waals surface area contributed by atoms with Crippen LogP contribution < -0.4 is 5.32 Å². The van der Waals surface area contributed by atoms with E-state index < -0.39 is 0 Å². The summed E-state index contributed by atoms with van der Waals surface area (Å²) in [5.41, 5.74) is 1.18. The van der Waals surface area contributed by atoms with Crippen LogP contribution in [0.2, 0.25) is 0 Å². The van der Waals surface area contributed by atoms with E-state index in [9.17, 15) is 4.39 Å². The Bertz CT molecular complexity index is 538. The van der Waals surface area contributed by atoms with Gasteiger partial charge in [0.05, 0.1) is 0 Å². The van der Waals surface area contributed by atoms with Gasteiger partial charge in [0.2, 0.25) is 0 Å². The van der Waals surface area contributed by atoms with Crippen LogP contribution in [-0.2, 0) is 4.74 Å². The molecule has 1 N–H and O–H groups in total. The topological polar surface area (TPSA) is 52.0 Å². The van der Waals surface area contributed by atoms with E-state index in [1.807, 2.05) is 6.07 Å². The summed E-state index contributed by atoms with van der Waals surface area (Å²) in [4.78, 5) is 3.81. The number of halogens is 1. The SMILES string of the molecule is Fc1cc(NC2CCOCC2)ccc1-n1cncn1. The number of nitrogens with zero attached hydrogens (tertiary/aromatic N) is 3. The van der Waals surface area contributed by atoms with Gasteiger partial charge >= 0.3 is 0 Å². The Morgan fingerprint density at radius 1 is 1.32 bits per heavy atom. The van der Waals surface area contributed by atoms with E-state index in [0.29, 0.717) is 11.7 Å². The number of anilines is 1. The molecule has 1 fully saturated rings. The highest BCUT2D eigenvalue weighted by Gasteiger charge is 2.14. The Morgan fingerprint density at radius 2 is 2.16 bits per heavy atom. The fraction of sp³-hybridized carbons (Fsp3) is 0.385. The predicted molar refractivity (Wildman–Crippen MR) is 68.8 cm³/mol. The summed E-state index contributed by atoms with van der Waals surface area (Å²) in [6.45, 7) is 1.52. The standard InChI is InChI=1S/C13H15FN4O/c14-12-7-11(17-10-3-5-19-6-4-10)1-2-13(12)18-9-15-8-16-18/h1-2,7-10,17H,3-6H2. The van der Waals surface area contributed by atoms with E-state index >= 15 is 0 Å². The van der Waals surface area contributed by atoms with Crippen molar-refractivity contribution in [3.63, 3.8) is 0 Å². The molecule has 100 valence electrons.